The monoisotopic (exact) mass is 518 g/mol. The number of hydrogen-bond acceptors (Lipinski definition) is 5. The molecule has 0 radical (unpaired) electrons. The molecule has 4 rings (SSSR count). The smallest absolute Gasteiger partial charge is 0.191 e. The Bertz CT molecular complexity index is 722. The summed E-state index contributed by atoms with van der Waals surface area (Å²) in [4.78, 5) is 9.29. The molecule has 1 aromatic rings. The third-order valence-electron chi connectivity index (χ3n) is 6.46. The number of ether oxygens (including phenoxy) is 2. The molecule has 4 atom stereocenters. The zero-order chi connectivity index (χ0) is 19.7. The van der Waals surface area contributed by atoms with E-state index in [4.69, 9.17) is 14.5 Å². The standard InChI is InChI=1S/C20H34N6O2.HI/c1-5-21-19(24-17-14-7-6-10-28-18(14)20(17,2)3)22-13-8-9-16-23-15(12-27-4)25-26(16)11-13;/h13-14,17-18H,5-12H2,1-4H3,(H2,21,22,24);1H. The Labute approximate surface area is 190 Å². The van der Waals surface area contributed by atoms with Crippen molar-refractivity contribution in [2.24, 2.45) is 16.3 Å². The van der Waals surface area contributed by atoms with Crippen molar-refractivity contribution in [1.29, 1.82) is 0 Å². The molecule has 2 N–H and O–H groups in total. The minimum atomic E-state index is 0. The Morgan fingerprint density at radius 1 is 1.34 bits per heavy atom. The van der Waals surface area contributed by atoms with Crippen molar-refractivity contribution in [3.8, 4) is 0 Å². The van der Waals surface area contributed by atoms with Gasteiger partial charge in [-0.3, -0.25) is 4.99 Å². The first kappa shape index (κ1) is 22.7. The molecule has 4 unspecified atom stereocenters. The van der Waals surface area contributed by atoms with Gasteiger partial charge in [0.15, 0.2) is 11.8 Å². The van der Waals surface area contributed by atoms with Crippen molar-refractivity contribution in [1.82, 2.24) is 25.4 Å². The lowest BCUT2D eigenvalue weighted by Gasteiger charge is -2.60. The molecule has 2 fully saturated rings. The summed E-state index contributed by atoms with van der Waals surface area (Å²) in [6.45, 7) is 9.62. The SMILES string of the molecule is CCN=C(NC1CCc2nc(COC)nn2C1)NC1C2CCCOC2C1(C)C.I. The van der Waals surface area contributed by atoms with E-state index >= 15 is 0 Å². The quantitative estimate of drug-likeness (QED) is 0.353. The predicted octanol–water partition coefficient (Wildman–Crippen LogP) is 2.12. The molecular weight excluding hydrogens is 483 g/mol. The van der Waals surface area contributed by atoms with Gasteiger partial charge >= 0.3 is 0 Å². The van der Waals surface area contributed by atoms with E-state index in [1.54, 1.807) is 7.11 Å². The van der Waals surface area contributed by atoms with E-state index in [1.807, 2.05) is 4.68 Å². The van der Waals surface area contributed by atoms with Crippen LogP contribution in [0.5, 0.6) is 0 Å². The fourth-order valence-electron chi connectivity index (χ4n) is 5.12. The molecule has 9 heteroatoms. The number of methoxy groups -OCH3 is 1. The van der Waals surface area contributed by atoms with Crippen LogP contribution in [0.1, 0.15) is 51.7 Å². The first-order chi connectivity index (χ1) is 13.5. The van der Waals surface area contributed by atoms with Gasteiger partial charge in [-0.1, -0.05) is 13.8 Å². The van der Waals surface area contributed by atoms with Gasteiger partial charge in [-0.15, -0.1) is 24.0 Å². The molecule has 0 amide bonds. The number of guanidine groups is 1. The van der Waals surface area contributed by atoms with E-state index in [9.17, 15) is 0 Å². The zero-order valence-electron chi connectivity index (χ0n) is 18.0. The lowest BCUT2D eigenvalue weighted by atomic mass is 9.55. The fraction of sp³-hybridized carbons (Fsp3) is 0.850. The van der Waals surface area contributed by atoms with E-state index < -0.39 is 0 Å². The Morgan fingerprint density at radius 3 is 2.93 bits per heavy atom. The summed E-state index contributed by atoms with van der Waals surface area (Å²) in [5.41, 5.74) is 0.127. The van der Waals surface area contributed by atoms with Crippen molar-refractivity contribution in [2.45, 2.75) is 77.8 Å². The van der Waals surface area contributed by atoms with Crippen molar-refractivity contribution >= 4 is 29.9 Å². The highest BCUT2D eigenvalue weighted by atomic mass is 127. The van der Waals surface area contributed by atoms with Crippen LogP contribution in [0.15, 0.2) is 4.99 Å². The van der Waals surface area contributed by atoms with Gasteiger partial charge in [-0.2, -0.15) is 5.10 Å². The third kappa shape index (κ3) is 4.56. The highest BCUT2D eigenvalue weighted by molar-refractivity contribution is 14.0. The van der Waals surface area contributed by atoms with Gasteiger partial charge in [0.1, 0.15) is 12.4 Å². The maximum atomic E-state index is 6.05. The summed E-state index contributed by atoms with van der Waals surface area (Å²) >= 11 is 0. The minimum Gasteiger partial charge on any atom is -0.377 e. The molecule has 164 valence electrons. The summed E-state index contributed by atoms with van der Waals surface area (Å²) in [5.74, 6) is 3.31. The van der Waals surface area contributed by atoms with Crippen LogP contribution < -0.4 is 10.6 Å². The number of nitrogens with one attached hydrogen (secondary N) is 2. The summed E-state index contributed by atoms with van der Waals surface area (Å²) in [6, 6.07) is 0.693. The lowest BCUT2D eigenvalue weighted by Crippen LogP contribution is -2.71. The van der Waals surface area contributed by atoms with E-state index in [0.717, 1.165) is 56.6 Å². The molecule has 29 heavy (non-hydrogen) atoms. The average molecular weight is 518 g/mol. The molecule has 3 heterocycles. The van der Waals surface area contributed by atoms with Crippen molar-refractivity contribution in [2.75, 3.05) is 20.3 Å². The van der Waals surface area contributed by atoms with E-state index in [1.165, 1.54) is 6.42 Å². The van der Waals surface area contributed by atoms with Gasteiger partial charge in [-0.05, 0) is 26.2 Å². The highest BCUT2D eigenvalue weighted by Crippen LogP contribution is 2.51. The van der Waals surface area contributed by atoms with Crippen molar-refractivity contribution in [3.05, 3.63) is 11.6 Å². The molecular formula is C20H35IN6O2. The molecule has 1 aliphatic carbocycles. The number of aromatic nitrogens is 3. The molecule has 1 saturated carbocycles. The largest absolute Gasteiger partial charge is 0.377 e. The van der Waals surface area contributed by atoms with E-state index in [0.29, 0.717) is 30.7 Å². The third-order valence-corrected chi connectivity index (χ3v) is 6.46. The van der Waals surface area contributed by atoms with Crippen molar-refractivity contribution in [3.63, 3.8) is 0 Å². The summed E-state index contributed by atoms with van der Waals surface area (Å²) in [7, 11) is 1.67. The summed E-state index contributed by atoms with van der Waals surface area (Å²) in [5, 5.41) is 12.0. The molecule has 0 aromatic carbocycles. The number of rotatable bonds is 5. The second kappa shape index (κ2) is 9.47. The Balaban J connectivity index is 0.00000240. The number of aryl methyl sites for hydroxylation is 1. The van der Waals surface area contributed by atoms with E-state index in [2.05, 4.69) is 41.5 Å². The van der Waals surface area contributed by atoms with Gasteiger partial charge in [0.2, 0.25) is 0 Å². The summed E-state index contributed by atoms with van der Waals surface area (Å²) in [6.07, 6.45) is 4.71. The van der Waals surface area contributed by atoms with Crippen LogP contribution in [0.2, 0.25) is 0 Å². The molecule has 0 spiro atoms. The topological polar surface area (TPSA) is 85.6 Å². The van der Waals surface area contributed by atoms with Gasteiger partial charge < -0.3 is 20.1 Å². The number of nitrogens with zero attached hydrogens (tertiary/aromatic N) is 4. The normalized spacial score (nSPS) is 30.4. The molecule has 0 bridgehead atoms. The molecule has 2 aliphatic heterocycles. The van der Waals surface area contributed by atoms with Crippen LogP contribution in [-0.4, -0.2) is 59.2 Å². The maximum absolute atomic E-state index is 6.05. The fourth-order valence-corrected chi connectivity index (χ4v) is 5.12. The zero-order valence-corrected chi connectivity index (χ0v) is 20.3. The van der Waals surface area contributed by atoms with Gasteiger partial charge in [0.05, 0.1) is 12.6 Å². The number of hydrogen-bond donors (Lipinski definition) is 2. The number of aliphatic imine (C=N–C) groups is 1. The van der Waals surface area contributed by atoms with Crippen molar-refractivity contribution < 1.29 is 9.47 Å². The van der Waals surface area contributed by atoms with Gasteiger partial charge in [0, 0.05) is 50.1 Å². The second-order valence-electron chi connectivity index (χ2n) is 8.80. The molecule has 8 nitrogen and oxygen atoms in total. The Morgan fingerprint density at radius 2 is 2.17 bits per heavy atom. The molecule has 3 aliphatic rings. The van der Waals surface area contributed by atoms with Crippen LogP contribution in [0.4, 0.5) is 0 Å². The Kier molecular flexibility index (Phi) is 7.42. The van der Waals surface area contributed by atoms with Crippen LogP contribution in [0, 0.1) is 11.3 Å². The predicted molar refractivity (Wildman–Crippen MR) is 123 cm³/mol. The maximum Gasteiger partial charge on any atom is 0.191 e. The first-order valence-corrected chi connectivity index (χ1v) is 10.6. The minimum absolute atomic E-state index is 0. The lowest BCUT2D eigenvalue weighted by molar-refractivity contribution is -0.188. The first-order valence-electron chi connectivity index (χ1n) is 10.6. The second-order valence-corrected chi connectivity index (χ2v) is 8.80. The summed E-state index contributed by atoms with van der Waals surface area (Å²) < 4.78 is 13.2. The van der Waals surface area contributed by atoms with Crippen LogP contribution in [0.3, 0.4) is 0 Å². The number of fused-ring (bicyclic) bond motifs is 2. The molecule has 1 saturated heterocycles. The van der Waals surface area contributed by atoms with Crippen LogP contribution in [-0.2, 0) is 29.0 Å². The Hall–Kier alpha value is -0.940. The van der Waals surface area contributed by atoms with Gasteiger partial charge in [0.25, 0.3) is 0 Å². The van der Waals surface area contributed by atoms with Gasteiger partial charge in [-0.25, -0.2) is 9.67 Å². The highest BCUT2D eigenvalue weighted by Gasteiger charge is 2.58. The van der Waals surface area contributed by atoms with E-state index in [-0.39, 0.29) is 29.4 Å². The average Bonchev–Trinajstić information content (AvgIpc) is 3.08. The number of halogens is 1. The van der Waals surface area contributed by atoms with Crippen LogP contribution >= 0.6 is 24.0 Å². The molecule has 1 aromatic heterocycles. The van der Waals surface area contributed by atoms with Crippen LogP contribution in [0.25, 0.3) is 0 Å².